The maximum Gasteiger partial charge on any atom is 0.299 e. The summed E-state index contributed by atoms with van der Waals surface area (Å²) in [5, 5.41) is 0. The third-order valence-corrected chi connectivity index (χ3v) is 5.30. The van der Waals surface area contributed by atoms with Crippen molar-refractivity contribution < 1.29 is 9.59 Å². The van der Waals surface area contributed by atoms with Crippen LogP contribution in [-0.2, 0) is 10.2 Å². The second-order valence-corrected chi connectivity index (χ2v) is 7.36. The summed E-state index contributed by atoms with van der Waals surface area (Å²) < 4.78 is 0. The summed E-state index contributed by atoms with van der Waals surface area (Å²) in [7, 11) is 0. The van der Waals surface area contributed by atoms with Gasteiger partial charge in [-0.3, -0.25) is 14.5 Å². The fourth-order valence-corrected chi connectivity index (χ4v) is 4.41. The van der Waals surface area contributed by atoms with Crippen molar-refractivity contribution in [2.24, 2.45) is 0 Å². The summed E-state index contributed by atoms with van der Waals surface area (Å²) >= 11 is 0. The highest BCUT2D eigenvalue weighted by Crippen LogP contribution is 2.53. The number of carbonyl (C=O) groups excluding carboxylic acids is 2. The van der Waals surface area contributed by atoms with Gasteiger partial charge < -0.3 is 0 Å². The topological polar surface area (TPSA) is 37.4 Å². The van der Waals surface area contributed by atoms with Crippen molar-refractivity contribution in [2.75, 3.05) is 4.90 Å². The van der Waals surface area contributed by atoms with Gasteiger partial charge in [0.1, 0.15) is 0 Å². The molecule has 0 N–H and O–H groups in total. The zero-order valence-corrected chi connectivity index (χ0v) is 13.6. The zero-order valence-electron chi connectivity index (χ0n) is 13.6. The number of para-hydroxylation sites is 1. The number of carbonyl (C=O) groups is 2. The van der Waals surface area contributed by atoms with Crippen LogP contribution in [0.3, 0.4) is 0 Å². The van der Waals surface area contributed by atoms with Crippen molar-refractivity contribution in [1.29, 1.82) is 0 Å². The van der Waals surface area contributed by atoms with Gasteiger partial charge in [0.25, 0.3) is 11.7 Å². The first-order valence-corrected chi connectivity index (χ1v) is 7.94. The number of hydrogen-bond acceptors (Lipinski definition) is 2. The number of hydrogen-bond donors (Lipinski definition) is 0. The van der Waals surface area contributed by atoms with E-state index in [1.165, 1.54) is 5.56 Å². The second kappa shape index (κ2) is 4.31. The Kier molecular flexibility index (Phi) is 2.66. The van der Waals surface area contributed by atoms with Crippen LogP contribution < -0.4 is 4.90 Å². The molecule has 2 heterocycles. The summed E-state index contributed by atoms with van der Waals surface area (Å²) in [4.78, 5) is 26.6. The SMILES string of the molecule is CC1(C)C[C@@](C)(c2ccccc2)c2cccc3c2N1C(=O)C3=O. The number of ketones is 1. The van der Waals surface area contributed by atoms with E-state index in [0.29, 0.717) is 5.56 Å². The largest absolute Gasteiger partial charge is 0.299 e. The molecule has 4 rings (SSSR count). The Morgan fingerprint density at radius 3 is 2.30 bits per heavy atom. The maximum absolute atomic E-state index is 12.5. The van der Waals surface area contributed by atoms with Gasteiger partial charge in [0, 0.05) is 11.0 Å². The zero-order chi connectivity index (χ0) is 16.4. The van der Waals surface area contributed by atoms with Crippen LogP contribution in [0.5, 0.6) is 0 Å². The van der Waals surface area contributed by atoms with Crippen LogP contribution in [-0.4, -0.2) is 17.2 Å². The van der Waals surface area contributed by atoms with Gasteiger partial charge in [0.2, 0.25) is 0 Å². The van der Waals surface area contributed by atoms with Crippen molar-refractivity contribution >= 4 is 17.4 Å². The van der Waals surface area contributed by atoms with Gasteiger partial charge >= 0.3 is 0 Å². The van der Waals surface area contributed by atoms with Gasteiger partial charge in [0.05, 0.1) is 11.3 Å². The van der Waals surface area contributed by atoms with Crippen LogP contribution >= 0.6 is 0 Å². The number of anilines is 1. The third-order valence-electron chi connectivity index (χ3n) is 5.30. The summed E-state index contributed by atoms with van der Waals surface area (Å²) in [6.07, 6.45) is 0.777. The molecule has 0 aliphatic carbocycles. The summed E-state index contributed by atoms with van der Waals surface area (Å²) in [6.45, 7) is 6.30. The summed E-state index contributed by atoms with van der Waals surface area (Å²) in [5.41, 5.74) is 3.01. The number of rotatable bonds is 1. The van der Waals surface area contributed by atoms with Crippen molar-refractivity contribution in [3.05, 3.63) is 65.2 Å². The van der Waals surface area contributed by atoms with E-state index < -0.39 is 11.4 Å². The first-order valence-electron chi connectivity index (χ1n) is 7.94. The number of Topliss-reactive ketones (excluding diaryl/α,β-unsaturated/α-hetero) is 1. The standard InChI is InChI=1S/C20H19NO2/c1-19(2)12-20(3,13-8-5-4-6-9-13)15-11-7-10-14-16(15)21(19)18(23)17(14)22/h4-11H,12H2,1-3H3/t20-/m0/s1. The fraction of sp³-hybridized carbons (Fsp3) is 0.300. The molecule has 0 aromatic heterocycles. The van der Waals surface area contributed by atoms with E-state index in [9.17, 15) is 9.59 Å². The van der Waals surface area contributed by atoms with E-state index in [1.807, 2.05) is 38.1 Å². The molecule has 116 valence electrons. The van der Waals surface area contributed by atoms with Crippen LogP contribution in [0.25, 0.3) is 0 Å². The fourth-order valence-electron chi connectivity index (χ4n) is 4.41. The highest BCUT2D eigenvalue weighted by atomic mass is 16.2. The van der Waals surface area contributed by atoms with Crippen LogP contribution in [0.4, 0.5) is 5.69 Å². The Morgan fingerprint density at radius 2 is 1.61 bits per heavy atom. The normalized spacial score (nSPS) is 24.7. The van der Waals surface area contributed by atoms with Crippen LogP contribution in [0, 0.1) is 0 Å². The molecule has 3 nitrogen and oxygen atoms in total. The number of benzene rings is 2. The molecule has 2 aliphatic heterocycles. The highest BCUT2D eigenvalue weighted by molar-refractivity contribution is 6.52. The van der Waals surface area contributed by atoms with Gasteiger partial charge in [-0.2, -0.15) is 0 Å². The molecule has 23 heavy (non-hydrogen) atoms. The Bertz CT molecular complexity index is 838. The van der Waals surface area contributed by atoms with E-state index in [1.54, 1.807) is 11.0 Å². The molecule has 0 saturated carbocycles. The Balaban J connectivity index is 2.05. The average Bonchev–Trinajstić information content (AvgIpc) is 2.79. The predicted molar refractivity (Wildman–Crippen MR) is 89.9 cm³/mol. The third kappa shape index (κ3) is 1.70. The number of amides is 1. The quantitative estimate of drug-likeness (QED) is 0.753. The lowest BCUT2D eigenvalue weighted by Crippen LogP contribution is -2.54. The Hall–Kier alpha value is -2.42. The molecular formula is C20H19NO2. The van der Waals surface area contributed by atoms with Crippen molar-refractivity contribution in [2.45, 2.75) is 38.1 Å². The van der Waals surface area contributed by atoms with Crippen LogP contribution in [0.2, 0.25) is 0 Å². The molecule has 2 aliphatic rings. The minimum absolute atomic E-state index is 0.225. The lowest BCUT2D eigenvalue weighted by Gasteiger charge is -2.49. The van der Waals surface area contributed by atoms with E-state index in [4.69, 9.17) is 0 Å². The van der Waals surface area contributed by atoms with Crippen LogP contribution in [0.1, 0.15) is 48.7 Å². The van der Waals surface area contributed by atoms with Gasteiger partial charge in [-0.05, 0) is 37.5 Å². The van der Waals surface area contributed by atoms with Gasteiger partial charge in [-0.25, -0.2) is 0 Å². The molecule has 0 bridgehead atoms. The summed E-state index contributed by atoms with van der Waals surface area (Å²) in [5.74, 6) is -0.778. The van der Waals surface area contributed by atoms with Crippen LogP contribution in [0.15, 0.2) is 48.5 Å². The molecule has 1 amide bonds. The second-order valence-electron chi connectivity index (χ2n) is 7.36. The lowest BCUT2D eigenvalue weighted by molar-refractivity contribution is -0.115. The molecule has 2 aromatic rings. The van der Waals surface area contributed by atoms with Gasteiger partial charge in [0.15, 0.2) is 0 Å². The molecule has 0 saturated heterocycles. The first-order chi connectivity index (χ1) is 10.9. The van der Waals surface area contributed by atoms with E-state index >= 15 is 0 Å². The van der Waals surface area contributed by atoms with Crippen molar-refractivity contribution in [3.63, 3.8) is 0 Å². The van der Waals surface area contributed by atoms with Gasteiger partial charge in [-0.1, -0.05) is 49.4 Å². The van der Waals surface area contributed by atoms with E-state index in [0.717, 1.165) is 17.7 Å². The Morgan fingerprint density at radius 1 is 0.913 bits per heavy atom. The molecule has 0 spiro atoms. The van der Waals surface area contributed by atoms with Gasteiger partial charge in [-0.15, -0.1) is 0 Å². The monoisotopic (exact) mass is 305 g/mol. The maximum atomic E-state index is 12.5. The summed E-state index contributed by atoms with van der Waals surface area (Å²) in [6, 6.07) is 16.1. The minimum atomic E-state index is -0.406. The molecule has 0 unspecified atom stereocenters. The van der Waals surface area contributed by atoms with Crippen molar-refractivity contribution in [1.82, 2.24) is 0 Å². The predicted octanol–water partition coefficient (Wildman–Crippen LogP) is 3.70. The average molecular weight is 305 g/mol. The molecule has 0 fully saturated rings. The minimum Gasteiger partial charge on any atom is -0.299 e. The van der Waals surface area contributed by atoms with Crippen molar-refractivity contribution in [3.8, 4) is 0 Å². The molecular weight excluding hydrogens is 286 g/mol. The molecule has 2 aromatic carbocycles. The lowest BCUT2D eigenvalue weighted by atomic mass is 9.65. The highest BCUT2D eigenvalue weighted by Gasteiger charge is 2.53. The van der Waals surface area contributed by atoms with E-state index in [-0.39, 0.29) is 11.2 Å². The molecule has 1 atom stereocenters. The molecule has 3 heteroatoms. The smallest absolute Gasteiger partial charge is 0.299 e. The number of nitrogens with zero attached hydrogens (tertiary/aromatic N) is 1. The van der Waals surface area contributed by atoms with E-state index in [2.05, 4.69) is 25.1 Å². The Labute approximate surface area is 135 Å². The molecule has 0 radical (unpaired) electrons. The first kappa shape index (κ1) is 14.2.